The number of hydrogen-bond acceptors (Lipinski definition) is 4. The molecule has 110 valence electrons. The van der Waals surface area contributed by atoms with Crippen LogP contribution in [-0.2, 0) is 13.6 Å². The molecule has 0 aliphatic rings. The van der Waals surface area contributed by atoms with Crippen LogP contribution in [0.25, 0.3) is 0 Å². The Morgan fingerprint density at radius 2 is 1.28 bits per heavy atom. The van der Waals surface area contributed by atoms with Crippen molar-refractivity contribution in [2.45, 2.75) is 65.2 Å². The molecule has 0 aromatic carbocycles. The number of rotatable bonds is 13. The molecule has 0 atom stereocenters. The van der Waals surface area contributed by atoms with Gasteiger partial charge in [-0.05, 0) is 12.8 Å². The molecule has 0 aliphatic heterocycles. The molecule has 0 saturated heterocycles. The molecule has 0 aromatic heterocycles. The van der Waals surface area contributed by atoms with Gasteiger partial charge in [-0.3, -0.25) is 4.57 Å². The predicted molar refractivity (Wildman–Crippen MR) is 76.8 cm³/mol. The Morgan fingerprint density at radius 3 is 1.61 bits per heavy atom. The average Bonchev–Trinajstić information content (AvgIpc) is 2.38. The molecule has 5 heteroatoms. The van der Waals surface area contributed by atoms with Crippen LogP contribution < -0.4 is 5.73 Å². The van der Waals surface area contributed by atoms with Crippen LogP contribution in [0.5, 0.6) is 0 Å². The van der Waals surface area contributed by atoms with E-state index in [1.54, 1.807) is 0 Å². The van der Waals surface area contributed by atoms with Crippen LogP contribution in [0.4, 0.5) is 0 Å². The Kier molecular flexibility index (Phi) is 12.2. The maximum Gasteiger partial charge on any atom is 0.344 e. The van der Waals surface area contributed by atoms with Crippen LogP contribution >= 0.6 is 7.60 Å². The fraction of sp³-hybridized carbons (Fsp3) is 1.00. The van der Waals surface area contributed by atoms with E-state index in [1.165, 1.54) is 25.7 Å². The summed E-state index contributed by atoms with van der Waals surface area (Å²) in [5.41, 5.74) is 5.48. The summed E-state index contributed by atoms with van der Waals surface area (Å²) in [7, 11) is -3.02. The average molecular weight is 279 g/mol. The standard InChI is InChI=1S/C13H30NO3P/c1-3-5-7-9-11-16-18(15,13-14)17-12-10-8-6-4-2/h3-14H2,1-2H3. The van der Waals surface area contributed by atoms with Crippen molar-refractivity contribution in [1.82, 2.24) is 0 Å². The van der Waals surface area contributed by atoms with Crippen LogP contribution in [0.15, 0.2) is 0 Å². The van der Waals surface area contributed by atoms with E-state index in [4.69, 9.17) is 14.8 Å². The minimum absolute atomic E-state index is 0.0193. The van der Waals surface area contributed by atoms with Crippen molar-refractivity contribution in [2.24, 2.45) is 5.73 Å². The topological polar surface area (TPSA) is 61.5 Å². The molecular weight excluding hydrogens is 249 g/mol. The van der Waals surface area contributed by atoms with Crippen LogP contribution in [-0.4, -0.2) is 19.5 Å². The van der Waals surface area contributed by atoms with Crippen molar-refractivity contribution in [3.8, 4) is 0 Å². The van der Waals surface area contributed by atoms with Gasteiger partial charge in [0.2, 0.25) is 0 Å². The van der Waals surface area contributed by atoms with Gasteiger partial charge in [0.25, 0.3) is 0 Å². The molecule has 0 radical (unpaired) electrons. The molecule has 0 rings (SSSR count). The highest BCUT2D eigenvalue weighted by Crippen LogP contribution is 2.46. The van der Waals surface area contributed by atoms with E-state index in [9.17, 15) is 4.57 Å². The number of nitrogens with two attached hydrogens (primary N) is 1. The largest absolute Gasteiger partial charge is 0.344 e. The summed E-state index contributed by atoms with van der Waals surface area (Å²) in [5, 5.41) is 0. The Labute approximate surface area is 112 Å². The van der Waals surface area contributed by atoms with Crippen molar-refractivity contribution in [1.29, 1.82) is 0 Å². The smallest absolute Gasteiger partial charge is 0.320 e. The summed E-state index contributed by atoms with van der Waals surface area (Å²) < 4.78 is 22.8. The van der Waals surface area contributed by atoms with Gasteiger partial charge < -0.3 is 14.8 Å². The highest BCUT2D eigenvalue weighted by Gasteiger charge is 2.21. The van der Waals surface area contributed by atoms with Crippen molar-refractivity contribution in [3.05, 3.63) is 0 Å². The molecule has 0 spiro atoms. The monoisotopic (exact) mass is 279 g/mol. The first-order chi connectivity index (χ1) is 8.68. The molecule has 0 fully saturated rings. The number of unbranched alkanes of at least 4 members (excludes halogenated alkanes) is 6. The first-order valence-corrected chi connectivity index (χ1v) is 8.99. The van der Waals surface area contributed by atoms with E-state index in [2.05, 4.69) is 13.8 Å². The van der Waals surface area contributed by atoms with Gasteiger partial charge in [-0.1, -0.05) is 52.4 Å². The zero-order valence-corrected chi connectivity index (χ0v) is 12.9. The molecule has 4 nitrogen and oxygen atoms in total. The summed E-state index contributed by atoms with van der Waals surface area (Å²) in [4.78, 5) is 0. The van der Waals surface area contributed by atoms with E-state index in [0.717, 1.165) is 25.7 Å². The molecule has 0 bridgehead atoms. The number of hydrogen-bond donors (Lipinski definition) is 1. The summed E-state index contributed by atoms with van der Waals surface area (Å²) in [6, 6.07) is 0. The highest BCUT2D eigenvalue weighted by molar-refractivity contribution is 7.53. The minimum Gasteiger partial charge on any atom is -0.320 e. The summed E-state index contributed by atoms with van der Waals surface area (Å²) in [6.07, 6.45) is 8.80. The summed E-state index contributed by atoms with van der Waals surface area (Å²) in [5.74, 6) is 0. The van der Waals surface area contributed by atoms with Gasteiger partial charge >= 0.3 is 7.60 Å². The third kappa shape index (κ3) is 10.1. The van der Waals surface area contributed by atoms with Crippen LogP contribution in [0.1, 0.15) is 65.2 Å². The predicted octanol–water partition coefficient (Wildman–Crippen LogP) is 4.29. The fourth-order valence-electron chi connectivity index (χ4n) is 1.61. The van der Waals surface area contributed by atoms with Gasteiger partial charge in [0.15, 0.2) is 0 Å². The second kappa shape index (κ2) is 12.2. The van der Waals surface area contributed by atoms with Crippen molar-refractivity contribution in [2.75, 3.05) is 19.5 Å². The van der Waals surface area contributed by atoms with Crippen molar-refractivity contribution in [3.63, 3.8) is 0 Å². The zero-order chi connectivity index (χ0) is 13.7. The van der Waals surface area contributed by atoms with E-state index in [1.807, 2.05) is 0 Å². The van der Waals surface area contributed by atoms with E-state index in [0.29, 0.717) is 13.2 Å². The molecule has 0 aromatic rings. The van der Waals surface area contributed by atoms with Gasteiger partial charge in [0, 0.05) is 0 Å². The summed E-state index contributed by atoms with van der Waals surface area (Å²) in [6.45, 7) is 5.29. The summed E-state index contributed by atoms with van der Waals surface area (Å²) >= 11 is 0. The molecule has 0 aliphatic carbocycles. The van der Waals surface area contributed by atoms with E-state index in [-0.39, 0.29) is 6.29 Å². The van der Waals surface area contributed by atoms with Crippen molar-refractivity contribution >= 4 is 7.60 Å². The minimum atomic E-state index is -3.02. The molecule has 0 heterocycles. The van der Waals surface area contributed by atoms with Crippen LogP contribution in [0.3, 0.4) is 0 Å². The van der Waals surface area contributed by atoms with Crippen LogP contribution in [0.2, 0.25) is 0 Å². The zero-order valence-electron chi connectivity index (χ0n) is 12.0. The van der Waals surface area contributed by atoms with Gasteiger partial charge in [0.1, 0.15) is 0 Å². The Balaban J connectivity index is 3.64. The van der Waals surface area contributed by atoms with E-state index >= 15 is 0 Å². The molecule has 2 N–H and O–H groups in total. The quantitative estimate of drug-likeness (QED) is 0.403. The SMILES string of the molecule is CCCCCCOP(=O)(CN)OCCCCCC. The maximum atomic E-state index is 12.1. The lowest BCUT2D eigenvalue weighted by Crippen LogP contribution is -2.08. The maximum absolute atomic E-state index is 12.1. The molecule has 0 unspecified atom stereocenters. The Hall–Kier alpha value is 0.110. The molecule has 0 amide bonds. The molecule has 18 heavy (non-hydrogen) atoms. The second-order valence-electron chi connectivity index (χ2n) is 4.58. The molecular formula is C13H30NO3P. The highest BCUT2D eigenvalue weighted by atomic mass is 31.2. The Morgan fingerprint density at radius 1 is 0.833 bits per heavy atom. The fourth-order valence-corrected chi connectivity index (χ4v) is 2.71. The second-order valence-corrected chi connectivity index (χ2v) is 6.68. The lowest BCUT2D eigenvalue weighted by Gasteiger charge is -2.16. The Bertz CT molecular complexity index is 206. The van der Waals surface area contributed by atoms with Crippen LogP contribution in [0, 0.1) is 0 Å². The van der Waals surface area contributed by atoms with E-state index < -0.39 is 7.60 Å². The first kappa shape index (κ1) is 18.1. The lowest BCUT2D eigenvalue weighted by molar-refractivity contribution is 0.198. The third-order valence-corrected chi connectivity index (χ3v) is 4.39. The van der Waals surface area contributed by atoms with Gasteiger partial charge in [-0.2, -0.15) is 0 Å². The van der Waals surface area contributed by atoms with Crippen molar-refractivity contribution < 1.29 is 13.6 Å². The lowest BCUT2D eigenvalue weighted by atomic mass is 10.2. The molecule has 0 saturated carbocycles. The van der Waals surface area contributed by atoms with Gasteiger partial charge in [-0.25, -0.2) is 0 Å². The normalized spacial score (nSPS) is 11.9. The first-order valence-electron chi connectivity index (χ1n) is 7.26. The van der Waals surface area contributed by atoms with Gasteiger partial charge in [-0.15, -0.1) is 0 Å². The third-order valence-electron chi connectivity index (χ3n) is 2.80. The van der Waals surface area contributed by atoms with Gasteiger partial charge in [0.05, 0.1) is 19.5 Å².